The molecular weight excluding hydrogens is 422 g/mol. The standard InChI is InChI=1S/C29H23N3O2/c33-29(28-14-7-15-34-28)32-25-11-4-1-8-19(25)16-22(23-17-30-26-12-5-2-9-20(23)26)24-18-31-27-13-6-3-10-21(24)27/h1-15,17-18,22,30-31H,16H2,(H,32,33). The molecule has 6 aromatic rings. The van der Waals surface area contributed by atoms with Crippen molar-refractivity contribution in [2.45, 2.75) is 12.3 Å². The van der Waals surface area contributed by atoms with Gasteiger partial charge in [-0.3, -0.25) is 4.79 Å². The van der Waals surface area contributed by atoms with E-state index in [1.165, 1.54) is 28.2 Å². The molecule has 0 radical (unpaired) electrons. The number of benzene rings is 3. The van der Waals surface area contributed by atoms with Gasteiger partial charge in [0.1, 0.15) is 0 Å². The summed E-state index contributed by atoms with van der Waals surface area (Å²) in [6.45, 7) is 0. The first kappa shape index (κ1) is 20.1. The van der Waals surface area contributed by atoms with Gasteiger partial charge in [-0.05, 0) is 53.4 Å². The average molecular weight is 446 g/mol. The van der Waals surface area contributed by atoms with Gasteiger partial charge in [0.25, 0.3) is 5.91 Å². The maximum atomic E-state index is 12.7. The number of fused-ring (bicyclic) bond motifs is 2. The number of furan rings is 1. The second-order valence-electron chi connectivity index (χ2n) is 8.42. The molecule has 0 saturated carbocycles. The highest BCUT2D eigenvalue weighted by Gasteiger charge is 2.23. The highest BCUT2D eigenvalue weighted by Crippen LogP contribution is 2.38. The fourth-order valence-corrected chi connectivity index (χ4v) is 4.78. The van der Waals surface area contributed by atoms with E-state index in [-0.39, 0.29) is 11.8 Å². The Morgan fingerprint density at radius 2 is 1.38 bits per heavy atom. The van der Waals surface area contributed by atoms with E-state index in [0.29, 0.717) is 5.76 Å². The molecule has 0 spiro atoms. The van der Waals surface area contributed by atoms with Crippen LogP contribution in [0, 0.1) is 0 Å². The summed E-state index contributed by atoms with van der Waals surface area (Å²) in [4.78, 5) is 19.6. The van der Waals surface area contributed by atoms with Crippen LogP contribution in [0.2, 0.25) is 0 Å². The molecule has 3 aromatic heterocycles. The van der Waals surface area contributed by atoms with Gasteiger partial charge in [-0.15, -0.1) is 0 Å². The SMILES string of the molecule is O=C(Nc1ccccc1CC(c1c[nH]c2ccccc12)c1c[nH]c2ccccc12)c1ccco1. The van der Waals surface area contributed by atoms with Crippen LogP contribution >= 0.6 is 0 Å². The van der Waals surface area contributed by atoms with Gasteiger partial charge in [-0.25, -0.2) is 0 Å². The molecule has 0 unspecified atom stereocenters. The molecule has 34 heavy (non-hydrogen) atoms. The number of carbonyl (C=O) groups excluding carboxylic acids is 1. The van der Waals surface area contributed by atoms with Gasteiger partial charge in [0.05, 0.1) is 6.26 Å². The molecule has 3 aromatic carbocycles. The summed E-state index contributed by atoms with van der Waals surface area (Å²) in [7, 11) is 0. The largest absolute Gasteiger partial charge is 0.459 e. The zero-order valence-electron chi connectivity index (χ0n) is 18.4. The van der Waals surface area contributed by atoms with E-state index >= 15 is 0 Å². The van der Waals surface area contributed by atoms with E-state index in [1.807, 2.05) is 30.3 Å². The third kappa shape index (κ3) is 3.57. The average Bonchev–Trinajstić information content (AvgIpc) is 3.63. The minimum atomic E-state index is -0.256. The highest BCUT2D eigenvalue weighted by molar-refractivity contribution is 6.02. The highest BCUT2D eigenvalue weighted by atomic mass is 16.3. The van der Waals surface area contributed by atoms with Crippen LogP contribution in [0.3, 0.4) is 0 Å². The fraction of sp³-hybridized carbons (Fsp3) is 0.0690. The number of carbonyl (C=O) groups is 1. The van der Waals surface area contributed by atoms with E-state index < -0.39 is 0 Å². The second-order valence-corrected chi connectivity index (χ2v) is 8.42. The van der Waals surface area contributed by atoms with Crippen LogP contribution in [0.4, 0.5) is 5.69 Å². The van der Waals surface area contributed by atoms with Crippen molar-refractivity contribution in [1.29, 1.82) is 0 Å². The number of hydrogen-bond acceptors (Lipinski definition) is 2. The fourth-order valence-electron chi connectivity index (χ4n) is 4.78. The van der Waals surface area contributed by atoms with Crippen molar-refractivity contribution in [3.8, 4) is 0 Å². The van der Waals surface area contributed by atoms with Gasteiger partial charge in [-0.2, -0.15) is 0 Å². The molecule has 0 fully saturated rings. The first-order chi connectivity index (χ1) is 16.8. The van der Waals surface area contributed by atoms with E-state index in [2.05, 4.69) is 70.1 Å². The Morgan fingerprint density at radius 1 is 0.765 bits per heavy atom. The van der Waals surface area contributed by atoms with Gasteiger partial charge in [0.15, 0.2) is 5.76 Å². The molecule has 166 valence electrons. The van der Waals surface area contributed by atoms with Crippen molar-refractivity contribution in [1.82, 2.24) is 9.97 Å². The van der Waals surface area contributed by atoms with E-state index in [9.17, 15) is 4.79 Å². The third-order valence-electron chi connectivity index (χ3n) is 6.43. The Kier molecular flexibility index (Phi) is 5.00. The molecule has 0 aliphatic rings. The number of amides is 1. The zero-order valence-corrected chi connectivity index (χ0v) is 18.4. The molecule has 0 saturated heterocycles. The predicted molar refractivity (Wildman–Crippen MR) is 135 cm³/mol. The Hall–Kier alpha value is -4.51. The number of rotatable bonds is 6. The van der Waals surface area contributed by atoms with Crippen LogP contribution in [-0.4, -0.2) is 15.9 Å². The third-order valence-corrected chi connectivity index (χ3v) is 6.43. The summed E-state index contributed by atoms with van der Waals surface area (Å²) in [6, 6.07) is 28.1. The minimum Gasteiger partial charge on any atom is -0.459 e. The van der Waals surface area contributed by atoms with Gasteiger partial charge >= 0.3 is 0 Å². The Balaban J connectivity index is 1.45. The van der Waals surface area contributed by atoms with Crippen molar-refractivity contribution in [2.75, 3.05) is 5.32 Å². The molecular formula is C29H23N3O2. The zero-order chi connectivity index (χ0) is 22.9. The summed E-state index contributed by atoms with van der Waals surface area (Å²) in [5, 5.41) is 5.44. The lowest BCUT2D eigenvalue weighted by Gasteiger charge is -2.19. The Bertz CT molecular complexity index is 1520. The molecule has 0 aliphatic carbocycles. The molecule has 0 atom stereocenters. The van der Waals surface area contributed by atoms with Crippen molar-refractivity contribution in [3.05, 3.63) is 126 Å². The van der Waals surface area contributed by atoms with Crippen molar-refractivity contribution in [3.63, 3.8) is 0 Å². The number of anilines is 1. The molecule has 3 heterocycles. The number of aromatic amines is 2. The van der Waals surface area contributed by atoms with Gasteiger partial charge in [0, 0.05) is 45.8 Å². The molecule has 0 aliphatic heterocycles. The molecule has 0 bridgehead atoms. The van der Waals surface area contributed by atoms with Crippen LogP contribution < -0.4 is 5.32 Å². The van der Waals surface area contributed by atoms with Crippen molar-refractivity contribution >= 4 is 33.4 Å². The maximum absolute atomic E-state index is 12.7. The number of H-pyrrole nitrogens is 2. The summed E-state index contributed by atoms with van der Waals surface area (Å²) in [5.74, 6) is 0.113. The van der Waals surface area contributed by atoms with Crippen LogP contribution in [0.15, 0.2) is 108 Å². The lowest BCUT2D eigenvalue weighted by Crippen LogP contribution is -2.14. The maximum Gasteiger partial charge on any atom is 0.291 e. The lowest BCUT2D eigenvalue weighted by molar-refractivity contribution is 0.0996. The number of nitrogens with one attached hydrogen (secondary N) is 3. The number of aromatic nitrogens is 2. The minimum absolute atomic E-state index is 0.0777. The van der Waals surface area contributed by atoms with Gasteiger partial charge in [-0.1, -0.05) is 54.6 Å². The second kappa shape index (κ2) is 8.45. The summed E-state index contributed by atoms with van der Waals surface area (Å²) < 4.78 is 5.28. The van der Waals surface area contributed by atoms with E-state index in [0.717, 1.165) is 28.7 Å². The first-order valence-electron chi connectivity index (χ1n) is 11.3. The monoisotopic (exact) mass is 445 g/mol. The number of para-hydroxylation sites is 3. The van der Waals surface area contributed by atoms with Crippen molar-refractivity contribution in [2.24, 2.45) is 0 Å². The predicted octanol–water partition coefficient (Wildman–Crippen LogP) is 6.87. The smallest absolute Gasteiger partial charge is 0.291 e. The normalized spacial score (nSPS) is 11.4. The molecule has 5 heteroatoms. The summed E-state index contributed by atoms with van der Waals surface area (Å²) in [5.41, 5.74) is 6.53. The van der Waals surface area contributed by atoms with E-state index in [4.69, 9.17) is 4.42 Å². The van der Waals surface area contributed by atoms with Gasteiger partial charge < -0.3 is 19.7 Å². The molecule has 6 rings (SSSR count). The van der Waals surface area contributed by atoms with Crippen molar-refractivity contribution < 1.29 is 9.21 Å². The number of hydrogen-bond donors (Lipinski definition) is 3. The molecule has 3 N–H and O–H groups in total. The Morgan fingerprint density at radius 3 is 2.03 bits per heavy atom. The lowest BCUT2D eigenvalue weighted by atomic mass is 9.85. The quantitative estimate of drug-likeness (QED) is 0.262. The van der Waals surface area contributed by atoms with Crippen LogP contribution in [0.25, 0.3) is 21.8 Å². The van der Waals surface area contributed by atoms with Crippen LogP contribution in [-0.2, 0) is 6.42 Å². The molecule has 5 nitrogen and oxygen atoms in total. The van der Waals surface area contributed by atoms with Crippen LogP contribution in [0.1, 0.15) is 33.2 Å². The first-order valence-corrected chi connectivity index (χ1v) is 11.3. The molecule has 1 amide bonds. The Labute approximate surface area is 196 Å². The van der Waals surface area contributed by atoms with Crippen LogP contribution in [0.5, 0.6) is 0 Å². The van der Waals surface area contributed by atoms with Gasteiger partial charge in [0.2, 0.25) is 0 Å². The van der Waals surface area contributed by atoms with E-state index in [1.54, 1.807) is 12.1 Å². The summed E-state index contributed by atoms with van der Waals surface area (Å²) in [6.07, 6.45) is 6.45. The topological polar surface area (TPSA) is 73.8 Å². The summed E-state index contributed by atoms with van der Waals surface area (Å²) >= 11 is 0.